The molecule has 2 aromatic carbocycles. The molecule has 104 valence electrons. The SMILES string of the molecule is BrC(c1ccc(-c2ccccc2)cc1)C1CCOCC1. The van der Waals surface area contributed by atoms with Crippen LogP contribution in [0.15, 0.2) is 54.6 Å². The van der Waals surface area contributed by atoms with E-state index in [1.54, 1.807) is 0 Å². The number of ether oxygens (including phenoxy) is 1. The van der Waals surface area contributed by atoms with Gasteiger partial charge in [-0.3, -0.25) is 0 Å². The van der Waals surface area contributed by atoms with E-state index in [0.717, 1.165) is 26.1 Å². The lowest BCUT2D eigenvalue weighted by molar-refractivity contribution is 0.0662. The van der Waals surface area contributed by atoms with E-state index in [0.29, 0.717) is 10.7 Å². The molecule has 1 aliphatic rings. The van der Waals surface area contributed by atoms with Gasteiger partial charge in [0.05, 0.1) is 0 Å². The molecule has 0 aromatic heterocycles. The van der Waals surface area contributed by atoms with E-state index in [1.165, 1.54) is 16.7 Å². The lowest BCUT2D eigenvalue weighted by atomic mass is 9.91. The Hall–Kier alpha value is -1.12. The van der Waals surface area contributed by atoms with E-state index in [-0.39, 0.29) is 0 Å². The first-order valence-electron chi connectivity index (χ1n) is 7.22. The molecule has 1 unspecified atom stereocenters. The van der Waals surface area contributed by atoms with E-state index in [2.05, 4.69) is 70.5 Å². The van der Waals surface area contributed by atoms with Gasteiger partial charge in [0.2, 0.25) is 0 Å². The van der Waals surface area contributed by atoms with E-state index in [4.69, 9.17) is 4.74 Å². The van der Waals surface area contributed by atoms with E-state index in [1.807, 2.05) is 0 Å². The Bertz CT molecular complexity index is 529. The minimum Gasteiger partial charge on any atom is -0.381 e. The number of alkyl halides is 1. The largest absolute Gasteiger partial charge is 0.381 e. The fourth-order valence-corrected chi connectivity index (χ4v) is 3.60. The van der Waals surface area contributed by atoms with Crippen molar-refractivity contribution in [2.45, 2.75) is 17.7 Å². The summed E-state index contributed by atoms with van der Waals surface area (Å²) in [5.74, 6) is 0.686. The number of benzene rings is 2. The minimum atomic E-state index is 0.441. The van der Waals surface area contributed by atoms with Crippen LogP contribution in [-0.4, -0.2) is 13.2 Å². The molecule has 0 N–H and O–H groups in total. The Balaban J connectivity index is 1.75. The molecular weight excluding hydrogens is 312 g/mol. The molecule has 0 radical (unpaired) electrons. The van der Waals surface area contributed by atoms with E-state index in [9.17, 15) is 0 Å². The molecular formula is C18H19BrO. The van der Waals surface area contributed by atoms with Crippen molar-refractivity contribution in [1.29, 1.82) is 0 Å². The van der Waals surface area contributed by atoms with Gasteiger partial charge in [0.1, 0.15) is 0 Å². The van der Waals surface area contributed by atoms with Gasteiger partial charge in [0.25, 0.3) is 0 Å². The summed E-state index contributed by atoms with van der Waals surface area (Å²) in [7, 11) is 0. The van der Waals surface area contributed by atoms with Crippen LogP contribution in [-0.2, 0) is 4.74 Å². The van der Waals surface area contributed by atoms with Gasteiger partial charge in [0, 0.05) is 18.0 Å². The standard InChI is InChI=1S/C18H19BrO/c19-18(17-10-12-20-13-11-17)16-8-6-15(7-9-16)14-4-2-1-3-5-14/h1-9,17-18H,10-13H2. The molecule has 1 aliphatic heterocycles. The summed E-state index contributed by atoms with van der Waals surface area (Å²) in [5.41, 5.74) is 3.92. The minimum absolute atomic E-state index is 0.441. The molecule has 1 heterocycles. The van der Waals surface area contributed by atoms with Crippen LogP contribution in [0.1, 0.15) is 23.2 Å². The van der Waals surface area contributed by atoms with Crippen molar-refractivity contribution in [1.82, 2.24) is 0 Å². The molecule has 20 heavy (non-hydrogen) atoms. The first kappa shape index (κ1) is 13.8. The lowest BCUT2D eigenvalue weighted by Crippen LogP contribution is -2.19. The molecule has 0 aliphatic carbocycles. The van der Waals surface area contributed by atoms with Crippen LogP contribution in [0.2, 0.25) is 0 Å². The maximum atomic E-state index is 5.44. The number of halogens is 1. The third-order valence-corrected chi connectivity index (χ3v) is 5.29. The molecule has 2 heteroatoms. The monoisotopic (exact) mass is 330 g/mol. The second-order valence-electron chi connectivity index (χ2n) is 5.34. The molecule has 0 saturated carbocycles. The van der Waals surface area contributed by atoms with Crippen molar-refractivity contribution in [3.63, 3.8) is 0 Å². The van der Waals surface area contributed by atoms with Crippen molar-refractivity contribution in [3.05, 3.63) is 60.2 Å². The smallest absolute Gasteiger partial charge is 0.0469 e. The molecule has 1 nitrogen and oxygen atoms in total. The van der Waals surface area contributed by atoms with Gasteiger partial charge in [-0.05, 0) is 35.4 Å². The van der Waals surface area contributed by atoms with Crippen molar-refractivity contribution in [3.8, 4) is 11.1 Å². The quantitative estimate of drug-likeness (QED) is 0.701. The fourth-order valence-electron chi connectivity index (χ4n) is 2.77. The van der Waals surface area contributed by atoms with Gasteiger partial charge in [-0.15, -0.1) is 0 Å². The zero-order valence-corrected chi connectivity index (χ0v) is 13.1. The Kier molecular flexibility index (Phi) is 4.54. The van der Waals surface area contributed by atoms with Crippen LogP contribution in [0.4, 0.5) is 0 Å². The summed E-state index contributed by atoms with van der Waals surface area (Å²) in [6.07, 6.45) is 2.30. The molecule has 0 bridgehead atoms. The van der Waals surface area contributed by atoms with Crippen LogP contribution in [0.3, 0.4) is 0 Å². The van der Waals surface area contributed by atoms with Crippen molar-refractivity contribution in [2.24, 2.45) is 5.92 Å². The molecule has 1 fully saturated rings. The predicted molar refractivity (Wildman–Crippen MR) is 87.1 cm³/mol. The summed E-state index contributed by atoms with van der Waals surface area (Å²) >= 11 is 3.87. The molecule has 1 atom stereocenters. The van der Waals surface area contributed by atoms with Gasteiger partial charge in [0.15, 0.2) is 0 Å². The lowest BCUT2D eigenvalue weighted by Gasteiger charge is -2.26. The first-order chi connectivity index (χ1) is 9.84. The van der Waals surface area contributed by atoms with E-state index >= 15 is 0 Å². The normalized spacial score (nSPS) is 17.9. The third kappa shape index (κ3) is 3.13. The highest BCUT2D eigenvalue weighted by Crippen LogP contribution is 2.37. The molecule has 0 spiro atoms. The van der Waals surface area contributed by atoms with Gasteiger partial charge in [-0.25, -0.2) is 0 Å². The van der Waals surface area contributed by atoms with Crippen molar-refractivity contribution >= 4 is 15.9 Å². The summed E-state index contributed by atoms with van der Waals surface area (Å²) in [4.78, 5) is 0.441. The van der Waals surface area contributed by atoms with Crippen molar-refractivity contribution in [2.75, 3.05) is 13.2 Å². The van der Waals surface area contributed by atoms with Gasteiger partial charge in [-0.2, -0.15) is 0 Å². The Morgan fingerprint density at radius 1 is 0.850 bits per heavy atom. The molecule has 2 aromatic rings. The molecule has 3 rings (SSSR count). The fraction of sp³-hybridized carbons (Fsp3) is 0.333. The maximum Gasteiger partial charge on any atom is 0.0469 e. The summed E-state index contributed by atoms with van der Waals surface area (Å²) in [6, 6.07) is 19.5. The number of rotatable bonds is 3. The van der Waals surface area contributed by atoms with Crippen LogP contribution >= 0.6 is 15.9 Å². The third-order valence-electron chi connectivity index (χ3n) is 4.02. The highest BCUT2D eigenvalue weighted by atomic mass is 79.9. The molecule has 0 amide bonds. The van der Waals surface area contributed by atoms with Crippen molar-refractivity contribution < 1.29 is 4.74 Å². The summed E-state index contributed by atoms with van der Waals surface area (Å²) in [6.45, 7) is 1.80. The topological polar surface area (TPSA) is 9.23 Å². The number of hydrogen-bond acceptors (Lipinski definition) is 1. The summed E-state index contributed by atoms with van der Waals surface area (Å²) < 4.78 is 5.44. The Morgan fingerprint density at radius 2 is 1.45 bits per heavy atom. The highest BCUT2D eigenvalue weighted by Gasteiger charge is 2.23. The Morgan fingerprint density at radius 3 is 2.10 bits per heavy atom. The second-order valence-corrected chi connectivity index (χ2v) is 6.33. The highest BCUT2D eigenvalue weighted by molar-refractivity contribution is 9.09. The zero-order chi connectivity index (χ0) is 13.8. The van der Waals surface area contributed by atoms with Crippen LogP contribution in [0.25, 0.3) is 11.1 Å². The van der Waals surface area contributed by atoms with Gasteiger partial charge >= 0.3 is 0 Å². The first-order valence-corrected chi connectivity index (χ1v) is 8.13. The number of hydrogen-bond donors (Lipinski definition) is 0. The molecule has 1 saturated heterocycles. The van der Waals surface area contributed by atoms with Crippen LogP contribution in [0, 0.1) is 5.92 Å². The van der Waals surface area contributed by atoms with Gasteiger partial charge in [-0.1, -0.05) is 70.5 Å². The summed E-state index contributed by atoms with van der Waals surface area (Å²) in [5, 5.41) is 0. The van der Waals surface area contributed by atoms with E-state index < -0.39 is 0 Å². The van der Waals surface area contributed by atoms with Gasteiger partial charge < -0.3 is 4.74 Å². The van der Waals surface area contributed by atoms with Crippen LogP contribution in [0.5, 0.6) is 0 Å². The zero-order valence-electron chi connectivity index (χ0n) is 11.5. The average molecular weight is 331 g/mol. The maximum absolute atomic E-state index is 5.44. The second kappa shape index (κ2) is 6.55. The van der Waals surface area contributed by atoms with Crippen LogP contribution < -0.4 is 0 Å². The average Bonchev–Trinajstić information content (AvgIpc) is 2.56. The predicted octanol–water partition coefficient (Wildman–Crippen LogP) is 5.22. The Labute approximate surface area is 129 Å².